The molecule has 0 aliphatic heterocycles. The van der Waals surface area contributed by atoms with E-state index < -0.39 is 29.7 Å². The van der Waals surface area contributed by atoms with E-state index >= 15 is 0 Å². The van der Waals surface area contributed by atoms with Crippen molar-refractivity contribution in [2.75, 3.05) is 11.9 Å². The molecule has 2 atom stereocenters. The Bertz CT molecular complexity index is 1120. The van der Waals surface area contributed by atoms with Crippen molar-refractivity contribution in [1.82, 2.24) is 10.2 Å². The number of hydrogen-bond donors (Lipinski definition) is 2. The largest absolute Gasteiger partial charge is 0.444 e. The van der Waals surface area contributed by atoms with Crippen LogP contribution in [-0.4, -0.2) is 41.0 Å². The Labute approximate surface area is 214 Å². The highest BCUT2D eigenvalue weighted by molar-refractivity contribution is 6.00. The molecule has 0 fully saturated rings. The number of amides is 3. The van der Waals surface area contributed by atoms with Gasteiger partial charge in [0, 0.05) is 17.8 Å². The molecule has 0 aromatic heterocycles. The van der Waals surface area contributed by atoms with E-state index in [1.165, 1.54) is 4.90 Å². The van der Waals surface area contributed by atoms with E-state index in [1.54, 1.807) is 52.0 Å². The molecule has 36 heavy (non-hydrogen) atoms. The van der Waals surface area contributed by atoms with Gasteiger partial charge in [0.25, 0.3) is 5.91 Å². The number of ether oxygens (including phenoxy) is 1. The second-order valence-electron chi connectivity index (χ2n) is 9.79. The van der Waals surface area contributed by atoms with Gasteiger partial charge in [-0.05, 0) is 70.7 Å². The molecule has 2 unspecified atom stereocenters. The summed E-state index contributed by atoms with van der Waals surface area (Å²) in [5, 5.41) is 5.61. The molecule has 0 saturated heterocycles. The molecule has 2 N–H and O–H groups in total. The van der Waals surface area contributed by atoms with Crippen LogP contribution in [0.3, 0.4) is 0 Å². The normalized spacial score (nSPS) is 12.6. The molecule has 0 saturated carbocycles. The Balaban J connectivity index is 2.50. The van der Waals surface area contributed by atoms with E-state index in [0.29, 0.717) is 23.2 Å². The van der Waals surface area contributed by atoms with Gasteiger partial charge in [0.2, 0.25) is 5.91 Å². The fraction of sp³-hybridized carbons (Fsp3) is 0.414. The summed E-state index contributed by atoms with van der Waals surface area (Å²) in [7, 11) is 0. The van der Waals surface area contributed by atoms with Gasteiger partial charge in [-0.15, -0.1) is 6.42 Å². The Kier molecular flexibility index (Phi) is 9.68. The lowest BCUT2D eigenvalue weighted by atomic mass is 9.97. The summed E-state index contributed by atoms with van der Waals surface area (Å²) >= 11 is 0. The van der Waals surface area contributed by atoms with Crippen LogP contribution in [0.5, 0.6) is 0 Å². The Morgan fingerprint density at radius 1 is 1.06 bits per heavy atom. The van der Waals surface area contributed by atoms with Crippen LogP contribution in [0.4, 0.5) is 10.5 Å². The monoisotopic (exact) mass is 491 g/mol. The maximum Gasteiger partial charge on any atom is 0.408 e. The zero-order valence-corrected chi connectivity index (χ0v) is 22.3. The number of nitrogens with zero attached hydrogens (tertiary/aromatic N) is 1. The van der Waals surface area contributed by atoms with Crippen LogP contribution in [0.2, 0.25) is 0 Å². The van der Waals surface area contributed by atoms with Crippen LogP contribution < -0.4 is 10.6 Å². The first-order chi connectivity index (χ1) is 16.9. The quantitative estimate of drug-likeness (QED) is 0.502. The van der Waals surface area contributed by atoms with Crippen LogP contribution in [0.15, 0.2) is 42.5 Å². The molecular formula is C29H37N3O4. The standard InChI is InChI=1S/C29H37N3O4/c1-9-18-32(27(34)21(5)30-28(35)36-29(6,7)8)25(23-17-12-11-16-22(23)10-2)26(33)31-24-19(3)14-13-15-20(24)4/h2,11-17,21,25H,9,18H2,1,3-8H3,(H,30,35)(H,31,33). The fourth-order valence-corrected chi connectivity index (χ4v) is 3.92. The highest BCUT2D eigenvalue weighted by atomic mass is 16.6. The lowest BCUT2D eigenvalue weighted by Gasteiger charge is -2.34. The van der Waals surface area contributed by atoms with Crippen molar-refractivity contribution in [1.29, 1.82) is 0 Å². The van der Waals surface area contributed by atoms with Crippen molar-refractivity contribution >= 4 is 23.6 Å². The Morgan fingerprint density at radius 2 is 1.67 bits per heavy atom. The predicted molar refractivity (Wildman–Crippen MR) is 142 cm³/mol. The molecule has 0 aliphatic rings. The van der Waals surface area contributed by atoms with Crippen molar-refractivity contribution in [2.45, 2.75) is 72.6 Å². The van der Waals surface area contributed by atoms with Gasteiger partial charge in [0.05, 0.1) is 0 Å². The third kappa shape index (κ3) is 7.35. The predicted octanol–water partition coefficient (Wildman–Crippen LogP) is 5.12. The van der Waals surface area contributed by atoms with Crippen molar-refractivity contribution in [2.24, 2.45) is 0 Å². The molecule has 0 spiro atoms. The molecule has 2 aromatic carbocycles. The molecule has 0 bridgehead atoms. The maximum atomic E-state index is 13.9. The van der Waals surface area contributed by atoms with Crippen LogP contribution in [-0.2, 0) is 14.3 Å². The molecular weight excluding hydrogens is 454 g/mol. The molecule has 2 rings (SSSR count). The van der Waals surface area contributed by atoms with Gasteiger partial charge in [0.15, 0.2) is 0 Å². The minimum atomic E-state index is -1.01. The first kappa shape index (κ1) is 28.4. The summed E-state index contributed by atoms with van der Waals surface area (Å²) in [6.07, 6.45) is 5.65. The zero-order valence-electron chi connectivity index (χ0n) is 22.3. The van der Waals surface area contributed by atoms with Crippen LogP contribution in [0, 0.1) is 26.2 Å². The summed E-state index contributed by atoms with van der Waals surface area (Å²) < 4.78 is 5.31. The van der Waals surface area contributed by atoms with E-state index in [-0.39, 0.29) is 12.5 Å². The van der Waals surface area contributed by atoms with Gasteiger partial charge < -0.3 is 20.3 Å². The van der Waals surface area contributed by atoms with Gasteiger partial charge >= 0.3 is 6.09 Å². The number of para-hydroxylation sites is 1. The highest BCUT2D eigenvalue weighted by Gasteiger charge is 2.35. The summed E-state index contributed by atoms with van der Waals surface area (Å²) in [4.78, 5) is 41.3. The van der Waals surface area contributed by atoms with Crippen LogP contribution in [0.25, 0.3) is 0 Å². The molecule has 0 aliphatic carbocycles. The zero-order chi connectivity index (χ0) is 27.0. The Hall–Kier alpha value is -3.79. The van der Waals surface area contributed by atoms with Gasteiger partial charge in [-0.25, -0.2) is 4.79 Å². The summed E-state index contributed by atoms with van der Waals surface area (Å²) in [5.74, 6) is 1.83. The number of terminal acetylenes is 1. The minimum Gasteiger partial charge on any atom is -0.444 e. The average Bonchev–Trinajstić information content (AvgIpc) is 2.79. The van der Waals surface area contributed by atoms with Gasteiger partial charge in [-0.1, -0.05) is 49.2 Å². The van der Waals surface area contributed by atoms with Crippen molar-refractivity contribution in [3.8, 4) is 12.3 Å². The van der Waals surface area contributed by atoms with Crippen LogP contribution >= 0.6 is 0 Å². The smallest absolute Gasteiger partial charge is 0.408 e. The lowest BCUT2D eigenvalue weighted by molar-refractivity contribution is -0.140. The van der Waals surface area contributed by atoms with Crippen molar-refractivity contribution in [3.63, 3.8) is 0 Å². The number of carbonyl (C=O) groups is 3. The summed E-state index contributed by atoms with van der Waals surface area (Å²) in [6.45, 7) is 12.8. The maximum absolute atomic E-state index is 13.9. The lowest BCUT2D eigenvalue weighted by Crippen LogP contribution is -2.51. The SMILES string of the molecule is C#Cc1ccccc1C(C(=O)Nc1c(C)cccc1C)N(CCC)C(=O)C(C)NC(=O)OC(C)(C)C. The van der Waals surface area contributed by atoms with E-state index in [1.807, 2.05) is 39.0 Å². The number of rotatable bonds is 8. The minimum absolute atomic E-state index is 0.281. The van der Waals surface area contributed by atoms with Gasteiger partial charge in [-0.3, -0.25) is 9.59 Å². The average molecular weight is 492 g/mol. The van der Waals surface area contributed by atoms with Gasteiger partial charge in [-0.2, -0.15) is 0 Å². The molecule has 7 nitrogen and oxygen atoms in total. The number of anilines is 1. The summed E-state index contributed by atoms with van der Waals surface area (Å²) in [5.41, 5.74) is 2.84. The number of hydrogen-bond acceptors (Lipinski definition) is 4. The summed E-state index contributed by atoms with van der Waals surface area (Å²) in [6, 6.07) is 10.9. The third-order valence-electron chi connectivity index (χ3n) is 5.55. The van der Waals surface area contributed by atoms with E-state index in [0.717, 1.165) is 11.1 Å². The number of nitrogens with one attached hydrogen (secondary N) is 2. The number of alkyl carbamates (subject to hydrolysis) is 1. The van der Waals surface area contributed by atoms with E-state index in [9.17, 15) is 14.4 Å². The van der Waals surface area contributed by atoms with Gasteiger partial charge in [0.1, 0.15) is 17.7 Å². The molecule has 2 aromatic rings. The second-order valence-corrected chi connectivity index (χ2v) is 9.79. The van der Waals surface area contributed by atoms with E-state index in [4.69, 9.17) is 11.2 Å². The highest BCUT2D eigenvalue weighted by Crippen LogP contribution is 2.29. The third-order valence-corrected chi connectivity index (χ3v) is 5.55. The van der Waals surface area contributed by atoms with Crippen molar-refractivity contribution in [3.05, 3.63) is 64.7 Å². The number of carbonyl (C=O) groups excluding carboxylic acids is 3. The number of benzene rings is 2. The van der Waals surface area contributed by atoms with Crippen molar-refractivity contribution < 1.29 is 19.1 Å². The molecule has 3 amide bonds. The number of aryl methyl sites for hydroxylation is 2. The first-order valence-corrected chi connectivity index (χ1v) is 12.1. The van der Waals surface area contributed by atoms with Crippen LogP contribution in [0.1, 0.15) is 69.3 Å². The first-order valence-electron chi connectivity index (χ1n) is 12.1. The van der Waals surface area contributed by atoms with E-state index in [2.05, 4.69) is 16.6 Å². The fourth-order valence-electron chi connectivity index (χ4n) is 3.92. The molecule has 7 heteroatoms. The molecule has 0 heterocycles. The topological polar surface area (TPSA) is 87.7 Å². The Morgan fingerprint density at radius 3 is 2.22 bits per heavy atom. The molecule has 192 valence electrons. The second kappa shape index (κ2) is 12.3. The molecule has 0 radical (unpaired) electrons.